The van der Waals surface area contributed by atoms with Crippen LogP contribution >= 0.6 is 11.6 Å². The summed E-state index contributed by atoms with van der Waals surface area (Å²) in [5.74, 6) is -0.170. The maximum atomic E-state index is 12.2. The number of nitrogens with zero attached hydrogens (tertiary/aromatic N) is 1. The van der Waals surface area contributed by atoms with E-state index < -0.39 is 0 Å². The van der Waals surface area contributed by atoms with Crippen molar-refractivity contribution < 1.29 is 9.90 Å². The lowest BCUT2D eigenvalue weighted by atomic mass is 9.93. The predicted molar refractivity (Wildman–Crippen MR) is 74.5 cm³/mol. The van der Waals surface area contributed by atoms with Crippen LogP contribution in [0.4, 0.5) is 0 Å². The third-order valence-corrected chi connectivity index (χ3v) is 3.83. The van der Waals surface area contributed by atoms with Gasteiger partial charge in [0.2, 0.25) is 0 Å². The van der Waals surface area contributed by atoms with Crippen LogP contribution < -0.4 is 5.32 Å². The first-order valence-corrected chi connectivity index (χ1v) is 6.98. The molecule has 1 heterocycles. The molecule has 1 aliphatic rings. The Morgan fingerprint density at radius 2 is 2.00 bits per heavy atom. The van der Waals surface area contributed by atoms with Crippen molar-refractivity contribution in [2.45, 2.75) is 51.7 Å². The lowest BCUT2D eigenvalue weighted by Gasteiger charge is -2.26. The zero-order chi connectivity index (χ0) is 14.0. The van der Waals surface area contributed by atoms with E-state index in [2.05, 4.69) is 10.3 Å². The molecule has 0 saturated heterocycles. The molecular weight excluding hydrogens is 264 g/mol. The Morgan fingerprint density at radius 3 is 2.58 bits per heavy atom. The predicted octanol–water partition coefficient (Wildman–Crippen LogP) is 2.39. The van der Waals surface area contributed by atoms with E-state index in [9.17, 15) is 9.90 Å². The number of aliphatic hydroxyl groups is 1. The molecule has 1 fully saturated rings. The monoisotopic (exact) mass is 282 g/mol. The SMILES string of the molecule is Cc1cc(C)c(C(=O)NC2CCC(O)CC2)c(Cl)n1. The van der Waals surface area contributed by atoms with Gasteiger partial charge in [-0.05, 0) is 51.2 Å². The standard InChI is InChI=1S/C14H19ClN2O2/c1-8-7-9(2)16-13(15)12(8)14(19)17-10-3-5-11(18)6-4-10/h7,10-11,18H,3-6H2,1-2H3,(H,17,19). The van der Waals surface area contributed by atoms with Gasteiger partial charge in [-0.1, -0.05) is 11.6 Å². The number of nitrogens with one attached hydrogen (secondary N) is 1. The molecule has 2 rings (SSSR count). The zero-order valence-corrected chi connectivity index (χ0v) is 12.0. The minimum Gasteiger partial charge on any atom is -0.393 e. The van der Waals surface area contributed by atoms with E-state index in [0.717, 1.165) is 36.9 Å². The number of aryl methyl sites for hydroxylation is 2. The number of aliphatic hydroxyl groups excluding tert-OH is 1. The second-order valence-electron chi connectivity index (χ2n) is 5.23. The van der Waals surface area contributed by atoms with Gasteiger partial charge in [0.1, 0.15) is 5.15 Å². The Balaban J connectivity index is 2.08. The molecule has 19 heavy (non-hydrogen) atoms. The van der Waals surface area contributed by atoms with Crippen LogP contribution in [0.25, 0.3) is 0 Å². The number of amides is 1. The molecule has 4 nitrogen and oxygen atoms in total. The molecule has 0 bridgehead atoms. The fourth-order valence-electron chi connectivity index (χ4n) is 2.54. The van der Waals surface area contributed by atoms with Crippen LogP contribution in [0.15, 0.2) is 6.07 Å². The summed E-state index contributed by atoms with van der Waals surface area (Å²) in [4.78, 5) is 16.4. The number of carbonyl (C=O) groups excluding carboxylic acids is 1. The van der Waals surface area contributed by atoms with E-state index in [0.29, 0.717) is 5.56 Å². The molecule has 2 N–H and O–H groups in total. The summed E-state index contributed by atoms with van der Waals surface area (Å²) in [5.41, 5.74) is 2.10. The Kier molecular flexibility index (Phi) is 4.42. The number of carbonyl (C=O) groups is 1. The Bertz CT molecular complexity index is 459. The molecule has 104 valence electrons. The molecule has 1 amide bonds. The molecule has 5 heteroatoms. The molecule has 0 aliphatic heterocycles. The fourth-order valence-corrected chi connectivity index (χ4v) is 2.91. The fraction of sp³-hybridized carbons (Fsp3) is 0.571. The highest BCUT2D eigenvalue weighted by molar-refractivity contribution is 6.32. The highest BCUT2D eigenvalue weighted by atomic mass is 35.5. The summed E-state index contributed by atoms with van der Waals surface area (Å²) < 4.78 is 0. The largest absolute Gasteiger partial charge is 0.393 e. The molecule has 1 aromatic heterocycles. The second-order valence-corrected chi connectivity index (χ2v) is 5.58. The van der Waals surface area contributed by atoms with Crippen LogP contribution in [0.2, 0.25) is 5.15 Å². The van der Waals surface area contributed by atoms with Crippen molar-refractivity contribution >= 4 is 17.5 Å². The smallest absolute Gasteiger partial charge is 0.254 e. The van der Waals surface area contributed by atoms with E-state index in [4.69, 9.17) is 11.6 Å². The normalized spacial score (nSPS) is 23.2. The number of pyridine rings is 1. The highest BCUT2D eigenvalue weighted by Crippen LogP contribution is 2.22. The molecular formula is C14H19ClN2O2. The minimum absolute atomic E-state index is 0.118. The zero-order valence-electron chi connectivity index (χ0n) is 11.2. The lowest BCUT2D eigenvalue weighted by Crippen LogP contribution is -2.39. The second kappa shape index (κ2) is 5.88. The van der Waals surface area contributed by atoms with Crippen molar-refractivity contribution in [3.63, 3.8) is 0 Å². The maximum Gasteiger partial charge on any atom is 0.254 e. The van der Waals surface area contributed by atoms with Gasteiger partial charge in [0, 0.05) is 11.7 Å². The van der Waals surface area contributed by atoms with Gasteiger partial charge >= 0.3 is 0 Å². The molecule has 0 aromatic carbocycles. The van der Waals surface area contributed by atoms with Crippen molar-refractivity contribution in [3.8, 4) is 0 Å². The van der Waals surface area contributed by atoms with Crippen LogP contribution in [0, 0.1) is 13.8 Å². The molecule has 0 atom stereocenters. The molecule has 0 radical (unpaired) electrons. The van der Waals surface area contributed by atoms with Crippen molar-refractivity contribution in [2.75, 3.05) is 0 Å². The minimum atomic E-state index is -0.223. The van der Waals surface area contributed by atoms with Crippen LogP contribution in [0.5, 0.6) is 0 Å². The van der Waals surface area contributed by atoms with Gasteiger partial charge < -0.3 is 10.4 Å². The third-order valence-electron chi connectivity index (χ3n) is 3.56. The van der Waals surface area contributed by atoms with E-state index in [1.807, 2.05) is 19.9 Å². The molecule has 1 aliphatic carbocycles. The quantitative estimate of drug-likeness (QED) is 0.819. The van der Waals surface area contributed by atoms with Crippen LogP contribution in [0.1, 0.15) is 47.3 Å². The molecule has 0 unspecified atom stereocenters. The average molecular weight is 283 g/mol. The number of halogens is 1. The van der Waals surface area contributed by atoms with Gasteiger partial charge in [-0.15, -0.1) is 0 Å². The van der Waals surface area contributed by atoms with E-state index in [1.165, 1.54) is 0 Å². The van der Waals surface area contributed by atoms with Gasteiger partial charge in [0.25, 0.3) is 5.91 Å². The van der Waals surface area contributed by atoms with Crippen LogP contribution in [-0.2, 0) is 0 Å². The Morgan fingerprint density at radius 1 is 1.37 bits per heavy atom. The van der Waals surface area contributed by atoms with Gasteiger partial charge in [0.15, 0.2) is 0 Å². The number of aromatic nitrogens is 1. The third kappa shape index (κ3) is 3.45. The molecule has 0 spiro atoms. The number of rotatable bonds is 2. The van der Waals surface area contributed by atoms with Crippen LogP contribution in [-0.4, -0.2) is 28.1 Å². The van der Waals surface area contributed by atoms with Gasteiger partial charge in [-0.25, -0.2) is 4.98 Å². The number of hydrogen-bond acceptors (Lipinski definition) is 3. The summed E-state index contributed by atoms with van der Waals surface area (Å²) in [6.45, 7) is 3.71. The van der Waals surface area contributed by atoms with Crippen molar-refractivity contribution in [2.24, 2.45) is 0 Å². The van der Waals surface area contributed by atoms with Crippen molar-refractivity contribution in [1.82, 2.24) is 10.3 Å². The van der Waals surface area contributed by atoms with E-state index >= 15 is 0 Å². The summed E-state index contributed by atoms with van der Waals surface area (Å²) in [6.07, 6.45) is 2.87. The maximum absolute atomic E-state index is 12.2. The average Bonchev–Trinajstić information content (AvgIpc) is 2.30. The summed E-state index contributed by atoms with van der Waals surface area (Å²) >= 11 is 6.06. The van der Waals surface area contributed by atoms with Gasteiger partial charge in [0.05, 0.1) is 11.7 Å². The van der Waals surface area contributed by atoms with E-state index in [1.54, 1.807) is 0 Å². The lowest BCUT2D eigenvalue weighted by molar-refractivity contribution is 0.0867. The highest BCUT2D eigenvalue weighted by Gasteiger charge is 2.23. The number of hydrogen-bond donors (Lipinski definition) is 2. The first kappa shape index (κ1) is 14.3. The van der Waals surface area contributed by atoms with Gasteiger partial charge in [-0.2, -0.15) is 0 Å². The van der Waals surface area contributed by atoms with Crippen molar-refractivity contribution in [1.29, 1.82) is 0 Å². The van der Waals surface area contributed by atoms with Gasteiger partial charge in [-0.3, -0.25) is 4.79 Å². The summed E-state index contributed by atoms with van der Waals surface area (Å²) in [6, 6.07) is 1.97. The molecule has 1 aromatic rings. The van der Waals surface area contributed by atoms with Crippen LogP contribution in [0.3, 0.4) is 0 Å². The summed E-state index contributed by atoms with van der Waals surface area (Å²) in [7, 11) is 0. The summed E-state index contributed by atoms with van der Waals surface area (Å²) in [5, 5.41) is 12.7. The first-order valence-electron chi connectivity index (χ1n) is 6.60. The first-order chi connectivity index (χ1) is 8.97. The van der Waals surface area contributed by atoms with Crippen molar-refractivity contribution in [3.05, 3.63) is 28.0 Å². The topological polar surface area (TPSA) is 62.2 Å². The Hall–Kier alpha value is -1.13. The van der Waals surface area contributed by atoms with E-state index in [-0.39, 0.29) is 23.2 Å². The molecule has 1 saturated carbocycles. The Labute approximate surface area is 118 Å².